The Morgan fingerprint density at radius 2 is 1.87 bits per heavy atom. The molecule has 0 bridgehead atoms. The Hall–Kier alpha value is -1.62. The van der Waals surface area contributed by atoms with Crippen LogP contribution in [0.1, 0.15) is 41.5 Å². The average Bonchev–Trinajstić information content (AvgIpc) is 2.49. The van der Waals surface area contributed by atoms with Gasteiger partial charge in [0.25, 0.3) is 0 Å². The van der Waals surface area contributed by atoms with Gasteiger partial charge in [-0.25, -0.2) is 4.79 Å². The molecule has 2 atom stereocenters. The number of nitrogens with two attached hydrogens (primary N) is 1. The summed E-state index contributed by atoms with van der Waals surface area (Å²) in [4.78, 5) is 26.1. The highest BCUT2D eigenvalue weighted by molar-refractivity contribution is 5.88. The molecule has 0 aromatic carbocycles. The molecule has 132 valence electrons. The van der Waals surface area contributed by atoms with Gasteiger partial charge in [0.2, 0.25) is 5.91 Å². The van der Waals surface area contributed by atoms with Gasteiger partial charge in [0.05, 0.1) is 18.7 Å². The van der Waals surface area contributed by atoms with Crippen LogP contribution in [0.2, 0.25) is 0 Å². The second kappa shape index (κ2) is 8.87. The maximum atomic E-state index is 12.7. The van der Waals surface area contributed by atoms with Crippen molar-refractivity contribution < 1.29 is 14.3 Å². The van der Waals surface area contributed by atoms with Gasteiger partial charge in [-0.2, -0.15) is 0 Å². The molecular weight excluding hydrogens is 292 g/mol. The van der Waals surface area contributed by atoms with E-state index in [9.17, 15) is 9.59 Å². The molecule has 0 saturated heterocycles. The summed E-state index contributed by atoms with van der Waals surface area (Å²) < 4.78 is 4.99. The van der Waals surface area contributed by atoms with Crippen molar-refractivity contribution in [2.75, 3.05) is 13.7 Å². The van der Waals surface area contributed by atoms with E-state index >= 15 is 0 Å². The van der Waals surface area contributed by atoms with Gasteiger partial charge in [0.15, 0.2) is 0 Å². The standard InChI is InChI=1S/C18H32N2O3/c1-9-18(6,7)15(19)16(21)20(8)14(12(3)4)11-13(5)17(22)23-10-2/h9,11-12,14-15H,1,10,19H2,2-8H3/b13-11+/t14-,15-/m1/s1. The topological polar surface area (TPSA) is 72.6 Å². The maximum Gasteiger partial charge on any atom is 0.333 e. The van der Waals surface area contributed by atoms with E-state index in [4.69, 9.17) is 10.5 Å². The number of amides is 1. The van der Waals surface area contributed by atoms with Gasteiger partial charge in [-0.3, -0.25) is 4.79 Å². The summed E-state index contributed by atoms with van der Waals surface area (Å²) in [7, 11) is 1.71. The molecule has 0 aliphatic rings. The number of ether oxygens (including phenoxy) is 1. The molecule has 5 nitrogen and oxygen atoms in total. The molecule has 0 fully saturated rings. The normalized spacial score (nSPS) is 15.1. The molecule has 0 aliphatic carbocycles. The van der Waals surface area contributed by atoms with E-state index in [0.717, 1.165) is 0 Å². The third kappa shape index (κ3) is 5.82. The molecule has 1 amide bonds. The zero-order valence-corrected chi connectivity index (χ0v) is 15.6. The fourth-order valence-corrected chi connectivity index (χ4v) is 2.13. The highest BCUT2D eigenvalue weighted by Crippen LogP contribution is 2.23. The van der Waals surface area contributed by atoms with E-state index in [0.29, 0.717) is 12.2 Å². The minimum absolute atomic E-state index is 0.132. The van der Waals surface area contributed by atoms with Crippen LogP contribution in [0.15, 0.2) is 24.3 Å². The lowest BCUT2D eigenvalue weighted by Crippen LogP contribution is -2.53. The molecule has 0 heterocycles. The first kappa shape index (κ1) is 21.4. The lowest BCUT2D eigenvalue weighted by Gasteiger charge is -2.35. The first-order chi connectivity index (χ1) is 10.5. The fourth-order valence-electron chi connectivity index (χ4n) is 2.13. The van der Waals surface area contributed by atoms with E-state index in [1.165, 1.54) is 0 Å². The summed E-state index contributed by atoms with van der Waals surface area (Å²) in [6.07, 6.45) is 3.46. The number of hydrogen-bond acceptors (Lipinski definition) is 4. The highest BCUT2D eigenvalue weighted by Gasteiger charge is 2.34. The van der Waals surface area contributed by atoms with Crippen molar-refractivity contribution in [2.45, 2.75) is 53.6 Å². The van der Waals surface area contributed by atoms with Gasteiger partial charge < -0.3 is 15.4 Å². The molecule has 0 radical (unpaired) electrons. The van der Waals surface area contributed by atoms with Crippen molar-refractivity contribution in [2.24, 2.45) is 17.1 Å². The Balaban J connectivity index is 5.39. The third-order valence-corrected chi connectivity index (χ3v) is 4.09. The quantitative estimate of drug-likeness (QED) is 0.423. The van der Waals surface area contributed by atoms with Crippen molar-refractivity contribution in [3.8, 4) is 0 Å². The molecule has 0 rings (SSSR count). The van der Waals surface area contributed by atoms with Crippen molar-refractivity contribution in [3.63, 3.8) is 0 Å². The zero-order valence-electron chi connectivity index (χ0n) is 15.6. The molecule has 0 unspecified atom stereocenters. The van der Waals surface area contributed by atoms with Gasteiger partial charge in [-0.1, -0.05) is 39.8 Å². The fraction of sp³-hybridized carbons (Fsp3) is 0.667. The predicted molar refractivity (Wildman–Crippen MR) is 93.7 cm³/mol. The van der Waals surface area contributed by atoms with Crippen LogP contribution in [-0.2, 0) is 14.3 Å². The molecule has 2 N–H and O–H groups in total. The average molecular weight is 324 g/mol. The number of nitrogens with zero attached hydrogens (tertiary/aromatic N) is 1. The van der Waals surface area contributed by atoms with Crippen molar-refractivity contribution in [3.05, 3.63) is 24.3 Å². The Morgan fingerprint density at radius 1 is 1.35 bits per heavy atom. The Labute approximate surface area is 140 Å². The molecule has 5 heteroatoms. The third-order valence-electron chi connectivity index (χ3n) is 4.09. The predicted octanol–water partition coefficient (Wildman–Crippen LogP) is 2.52. The molecular formula is C18H32N2O3. The first-order valence-electron chi connectivity index (χ1n) is 8.00. The lowest BCUT2D eigenvalue weighted by molar-refractivity contribution is -0.139. The zero-order chi connectivity index (χ0) is 18.4. The summed E-state index contributed by atoms with van der Waals surface area (Å²) in [5.41, 5.74) is 6.09. The second-order valence-electron chi connectivity index (χ2n) is 6.76. The number of likely N-dealkylation sites (N-methyl/N-ethyl adjacent to an activating group) is 1. The van der Waals surface area contributed by atoms with E-state index < -0.39 is 11.5 Å². The highest BCUT2D eigenvalue weighted by atomic mass is 16.5. The number of esters is 1. The minimum atomic E-state index is -0.692. The maximum absolute atomic E-state index is 12.7. The summed E-state index contributed by atoms with van der Waals surface area (Å²) >= 11 is 0. The van der Waals surface area contributed by atoms with Crippen LogP contribution in [0.3, 0.4) is 0 Å². The Bertz CT molecular complexity index is 467. The van der Waals surface area contributed by atoms with E-state index in [1.807, 2.05) is 27.7 Å². The number of carbonyl (C=O) groups excluding carboxylic acids is 2. The van der Waals surface area contributed by atoms with Crippen LogP contribution >= 0.6 is 0 Å². The van der Waals surface area contributed by atoms with E-state index in [1.54, 1.807) is 37.9 Å². The van der Waals surface area contributed by atoms with Gasteiger partial charge in [0, 0.05) is 18.0 Å². The van der Waals surface area contributed by atoms with Crippen LogP contribution in [-0.4, -0.2) is 42.5 Å². The Morgan fingerprint density at radius 3 is 2.26 bits per heavy atom. The van der Waals surface area contributed by atoms with Gasteiger partial charge in [0.1, 0.15) is 0 Å². The summed E-state index contributed by atoms with van der Waals surface area (Å²) in [5, 5.41) is 0. The van der Waals surface area contributed by atoms with Gasteiger partial charge >= 0.3 is 5.97 Å². The SMILES string of the molecule is C=CC(C)(C)[C@H](N)C(=O)N(C)[C@H](/C=C(\C)C(=O)OCC)C(C)C. The minimum Gasteiger partial charge on any atom is -0.463 e. The van der Waals surface area contributed by atoms with Crippen molar-refractivity contribution in [1.82, 2.24) is 4.90 Å². The largest absolute Gasteiger partial charge is 0.463 e. The molecule has 0 saturated carbocycles. The summed E-state index contributed by atoms with van der Waals surface area (Å²) in [5.74, 6) is -0.413. The molecule has 23 heavy (non-hydrogen) atoms. The molecule has 0 aromatic rings. The molecule has 0 aromatic heterocycles. The Kier molecular flexibility index (Phi) is 8.24. The number of hydrogen-bond donors (Lipinski definition) is 1. The number of carbonyl (C=O) groups is 2. The van der Waals surface area contributed by atoms with Crippen LogP contribution < -0.4 is 5.73 Å². The van der Waals surface area contributed by atoms with E-state index in [-0.39, 0.29) is 23.8 Å². The van der Waals surface area contributed by atoms with Crippen LogP contribution in [0.5, 0.6) is 0 Å². The van der Waals surface area contributed by atoms with Gasteiger partial charge in [-0.15, -0.1) is 6.58 Å². The lowest BCUT2D eigenvalue weighted by atomic mass is 9.84. The number of rotatable bonds is 8. The summed E-state index contributed by atoms with van der Waals surface area (Å²) in [6.45, 7) is 15.3. The van der Waals surface area contributed by atoms with Crippen LogP contribution in [0.25, 0.3) is 0 Å². The van der Waals surface area contributed by atoms with Crippen LogP contribution in [0.4, 0.5) is 0 Å². The van der Waals surface area contributed by atoms with Crippen LogP contribution in [0, 0.1) is 11.3 Å². The first-order valence-corrected chi connectivity index (χ1v) is 8.00. The van der Waals surface area contributed by atoms with Crippen molar-refractivity contribution >= 4 is 11.9 Å². The molecule has 0 aliphatic heterocycles. The summed E-state index contributed by atoms with van der Waals surface area (Å²) in [6, 6.07) is -0.930. The van der Waals surface area contributed by atoms with Gasteiger partial charge in [-0.05, 0) is 19.8 Å². The molecule has 0 spiro atoms. The van der Waals surface area contributed by atoms with E-state index in [2.05, 4.69) is 6.58 Å². The second-order valence-corrected chi connectivity index (χ2v) is 6.76. The van der Waals surface area contributed by atoms with Crippen molar-refractivity contribution in [1.29, 1.82) is 0 Å². The smallest absolute Gasteiger partial charge is 0.333 e. The monoisotopic (exact) mass is 324 g/mol.